The van der Waals surface area contributed by atoms with Gasteiger partial charge in [0.25, 0.3) is 0 Å². The minimum atomic E-state index is 0.486. The molecule has 0 bridgehead atoms. The molecule has 0 atom stereocenters. The number of anilines is 1. The molecule has 0 spiro atoms. The van der Waals surface area contributed by atoms with E-state index in [1.165, 1.54) is 32.1 Å². The van der Waals surface area contributed by atoms with Gasteiger partial charge >= 0.3 is 0 Å². The van der Waals surface area contributed by atoms with Crippen molar-refractivity contribution in [1.29, 1.82) is 0 Å². The van der Waals surface area contributed by atoms with Gasteiger partial charge in [0, 0.05) is 25.8 Å². The lowest BCUT2D eigenvalue weighted by atomic mass is 9.94. The maximum Gasteiger partial charge on any atom is 0.147 e. The van der Waals surface area contributed by atoms with Crippen molar-refractivity contribution in [2.75, 3.05) is 11.9 Å². The van der Waals surface area contributed by atoms with Gasteiger partial charge in [0.2, 0.25) is 0 Å². The fourth-order valence-corrected chi connectivity index (χ4v) is 2.81. The van der Waals surface area contributed by atoms with E-state index >= 15 is 0 Å². The molecule has 1 heterocycles. The van der Waals surface area contributed by atoms with E-state index in [1.807, 2.05) is 12.3 Å². The number of aromatic nitrogens is 1. The van der Waals surface area contributed by atoms with Crippen LogP contribution in [0, 0.1) is 0 Å². The number of halogens is 1. The van der Waals surface area contributed by atoms with Crippen LogP contribution in [0.3, 0.4) is 0 Å². The normalized spacial score (nSPS) is 17.1. The van der Waals surface area contributed by atoms with E-state index in [2.05, 4.69) is 16.9 Å². The lowest BCUT2D eigenvalue weighted by Crippen LogP contribution is -2.34. The van der Waals surface area contributed by atoms with E-state index in [0.717, 1.165) is 11.4 Å². The van der Waals surface area contributed by atoms with Crippen LogP contribution < -0.4 is 10.6 Å². The molecule has 1 aromatic heterocycles. The second-order valence-electron chi connectivity index (χ2n) is 4.76. The van der Waals surface area contributed by atoms with Gasteiger partial charge in [-0.1, -0.05) is 30.9 Å². The molecule has 2 rings (SSSR count). The monoisotopic (exact) mass is 253 g/mol. The van der Waals surface area contributed by atoms with Crippen molar-refractivity contribution in [2.45, 2.75) is 44.7 Å². The van der Waals surface area contributed by atoms with E-state index in [9.17, 15) is 0 Å². The third kappa shape index (κ3) is 2.90. The van der Waals surface area contributed by atoms with Crippen molar-refractivity contribution in [3.8, 4) is 0 Å². The summed E-state index contributed by atoms with van der Waals surface area (Å²) in [7, 11) is 2.09. The van der Waals surface area contributed by atoms with Gasteiger partial charge in [0.15, 0.2) is 0 Å². The highest BCUT2D eigenvalue weighted by Crippen LogP contribution is 2.29. The van der Waals surface area contributed by atoms with Crippen molar-refractivity contribution in [3.05, 3.63) is 22.8 Å². The third-order valence-electron chi connectivity index (χ3n) is 3.57. The molecule has 0 amide bonds. The molecule has 1 aromatic rings. The van der Waals surface area contributed by atoms with Gasteiger partial charge < -0.3 is 10.6 Å². The summed E-state index contributed by atoms with van der Waals surface area (Å²) in [5, 5.41) is 0.709. The molecule has 0 unspecified atom stereocenters. The SMILES string of the molecule is CN(c1ncc(CN)cc1Cl)C1CCCCC1. The molecule has 4 heteroatoms. The zero-order chi connectivity index (χ0) is 12.3. The van der Waals surface area contributed by atoms with Crippen molar-refractivity contribution in [3.63, 3.8) is 0 Å². The summed E-state index contributed by atoms with van der Waals surface area (Å²) >= 11 is 6.26. The molecule has 0 aliphatic heterocycles. The predicted molar refractivity (Wildman–Crippen MR) is 72.4 cm³/mol. The van der Waals surface area contributed by atoms with Crippen LogP contribution in [0.4, 0.5) is 5.82 Å². The Labute approximate surface area is 108 Å². The highest BCUT2D eigenvalue weighted by Gasteiger charge is 2.20. The molecule has 94 valence electrons. The largest absolute Gasteiger partial charge is 0.355 e. The fourth-order valence-electron chi connectivity index (χ4n) is 2.48. The number of nitrogens with two attached hydrogens (primary N) is 1. The second-order valence-corrected chi connectivity index (χ2v) is 5.16. The highest BCUT2D eigenvalue weighted by atomic mass is 35.5. The van der Waals surface area contributed by atoms with Crippen molar-refractivity contribution in [1.82, 2.24) is 4.98 Å². The van der Waals surface area contributed by atoms with E-state index in [-0.39, 0.29) is 0 Å². The first-order valence-corrected chi connectivity index (χ1v) is 6.67. The zero-order valence-corrected chi connectivity index (χ0v) is 11.1. The molecule has 1 saturated carbocycles. The minimum absolute atomic E-state index is 0.486. The van der Waals surface area contributed by atoms with Crippen LogP contribution in [0.2, 0.25) is 5.02 Å². The molecule has 2 N–H and O–H groups in total. The first-order chi connectivity index (χ1) is 8.22. The molecular weight excluding hydrogens is 234 g/mol. The predicted octanol–water partition coefficient (Wildman–Crippen LogP) is 2.96. The lowest BCUT2D eigenvalue weighted by Gasteiger charge is -2.32. The molecule has 1 fully saturated rings. The molecule has 1 aliphatic rings. The Bertz CT molecular complexity index is 375. The summed E-state index contributed by atoms with van der Waals surface area (Å²) in [6, 6.07) is 2.50. The van der Waals surface area contributed by atoms with Gasteiger partial charge in [0.1, 0.15) is 5.82 Å². The maximum absolute atomic E-state index is 6.26. The first kappa shape index (κ1) is 12.7. The third-order valence-corrected chi connectivity index (χ3v) is 3.85. The van der Waals surface area contributed by atoms with Crippen molar-refractivity contribution >= 4 is 17.4 Å². The van der Waals surface area contributed by atoms with Crippen LogP contribution in [0.5, 0.6) is 0 Å². The number of pyridine rings is 1. The van der Waals surface area contributed by atoms with Gasteiger partial charge in [-0.3, -0.25) is 0 Å². The second kappa shape index (κ2) is 5.69. The summed E-state index contributed by atoms with van der Waals surface area (Å²) in [5.41, 5.74) is 6.56. The van der Waals surface area contributed by atoms with Gasteiger partial charge in [-0.25, -0.2) is 4.98 Å². The molecule has 0 aromatic carbocycles. The van der Waals surface area contributed by atoms with Gasteiger partial charge in [-0.15, -0.1) is 0 Å². The fraction of sp³-hybridized carbons (Fsp3) is 0.615. The number of hydrogen-bond donors (Lipinski definition) is 1. The molecule has 1 aliphatic carbocycles. The van der Waals surface area contributed by atoms with Crippen LogP contribution in [0.15, 0.2) is 12.3 Å². The maximum atomic E-state index is 6.26. The quantitative estimate of drug-likeness (QED) is 0.901. The van der Waals surface area contributed by atoms with Crippen molar-refractivity contribution < 1.29 is 0 Å². The summed E-state index contributed by atoms with van der Waals surface area (Å²) in [5.74, 6) is 0.885. The minimum Gasteiger partial charge on any atom is -0.355 e. The van der Waals surface area contributed by atoms with Gasteiger partial charge in [-0.05, 0) is 24.5 Å². The Kier molecular flexibility index (Phi) is 4.24. The van der Waals surface area contributed by atoms with E-state index in [1.54, 1.807) is 0 Å². The highest BCUT2D eigenvalue weighted by molar-refractivity contribution is 6.33. The first-order valence-electron chi connectivity index (χ1n) is 6.29. The Morgan fingerprint density at radius 2 is 2.12 bits per heavy atom. The topological polar surface area (TPSA) is 42.2 Å². The van der Waals surface area contributed by atoms with Crippen LogP contribution in [-0.2, 0) is 6.54 Å². The number of rotatable bonds is 3. The average molecular weight is 254 g/mol. The van der Waals surface area contributed by atoms with Crippen LogP contribution in [-0.4, -0.2) is 18.1 Å². The van der Waals surface area contributed by atoms with E-state index < -0.39 is 0 Å². The molecule has 17 heavy (non-hydrogen) atoms. The van der Waals surface area contributed by atoms with Crippen molar-refractivity contribution in [2.24, 2.45) is 5.73 Å². The Morgan fingerprint density at radius 3 is 2.71 bits per heavy atom. The summed E-state index contributed by atoms with van der Waals surface area (Å²) in [4.78, 5) is 6.66. The van der Waals surface area contributed by atoms with Crippen LogP contribution in [0.25, 0.3) is 0 Å². The molecule has 3 nitrogen and oxygen atoms in total. The number of nitrogens with zero attached hydrogens (tertiary/aromatic N) is 2. The zero-order valence-electron chi connectivity index (χ0n) is 10.3. The number of hydrogen-bond acceptors (Lipinski definition) is 3. The Hall–Kier alpha value is -0.800. The Balaban J connectivity index is 2.15. The van der Waals surface area contributed by atoms with Gasteiger partial charge in [0.05, 0.1) is 5.02 Å². The summed E-state index contributed by atoms with van der Waals surface area (Å²) in [6.07, 6.45) is 8.29. The lowest BCUT2D eigenvalue weighted by molar-refractivity contribution is 0.426. The standard InChI is InChI=1S/C13H20ClN3/c1-17(11-5-3-2-4-6-11)13-12(14)7-10(8-15)9-16-13/h7,9,11H,2-6,8,15H2,1H3. The van der Waals surface area contributed by atoms with E-state index in [4.69, 9.17) is 17.3 Å². The smallest absolute Gasteiger partial charge is 0.147 e. The molecular formula is C13H20ClN3. The van der Waals surface area contributed by atoms with Gasteiger partial charge in [-0.2, -0.15) is 0 Å². The molecule has 0 saturated heterocycles. The summed E-state index contributed by atoms with van der Waals surface area (Å²) in [6.45, 7) is 0.486. The van der Waals surface area contributed by atoms with Crippen LogP contribution >= 0.6 is 11.6 Å². The van der Waals surface area contributed by atoms with E-state index in [0.29, 0.717) is 17.6 Å². The van der Waals surface area contributed by atoms with Crippen LogP contribution in [0.1, 0.15) is 37.7 Å². The summed E-state index contributed by atoms with van der Waals surface area (Å²) < 4.78 is 0. The average Bonchev–Trinajstić information content (AvgIpc) is 2.39. The molecule has 0 radical (unpaired) electrons. The Morgan fingerprint density at radius 1 is 1.41 bits per heavy atom.